The molecule has 4 rings (SSSR count). The molecule has 0 aliphatic heterocycles. The summed E-state index contributed by atoms with van der Waals surface area (Å²) in [6, 6.07) is 14.7. The number of carbonyl (C=O) groups excluding carboxylic acids is 1. The van der Waals surface area contributed by atoms with Crippen molar-refractivity contribution in [2.75, 3.05) is 7.11 Å². The fourth-order valence-electron chi connectivity index (χ4n) is 3.07. The normalized spacial score (nSPS) is 14.9. The summed E-state index contributed by atoms with van der Waals surface area (Å²) < 4.78 is 6.91. The molecule has 0 bridgehead atoms. The monoisotopic (exact) mass is 380 g/mol. The van der Waals surface area contributed by atoms with Crippen molar-refractivity contribution in [3.8, 4) is 5.75 Å². The Labute approximate surface area is 161 Å². The van der Waals surface area contributed by atoms with Gasteiger partial charge in [0.2, 0.25) is 0 Å². The Morgan fingerprint density at radius 1 is 1.19 bits per heavy atom. The third kappa shape index (κ3) is 3.49. The van der Waals surface area contributed by atoms with Gasteiger partial charge in [-0.3, -0.25) is 14.2 Å². The number of aromatic nitrogens is 2. The van der Waals surface area contributed by atoms with E-state index in [1.54, 1.807) is 35.9 Å². The second-order valence-corrected chi connectivity index (χ2v) is 7.98. The fourth-order valence-corrected chi connectivity index (χ4v) is 4.12. The Morgan fingerprint density at radius 3 is 2.56 bits per heavy atom. The minimum atomic E-state index is -0.351. The van der Waals surface area contributed by atoms with Gasteiger partial charge in [-0.15, -0.1) is 0 Å². The van der Waals surface area contributed by atoms with Crippen molar-refractivity contribution < 1.29 is 9.53 Å². The molecule has 1 aliphatic rings. The van der Waals surface area contributed by atoms with Crippen molar-refractivity contribution >= 4 is 28.4 Å². The number of rotatable bonds is 6. The van der Waals surface area contributed by atoms with E-state index in [0.29, 0.717) is 27.4 Å². The molecule has 2 aromatic carbocycles. The number of Topliss-reactive ketones (excluding diaryl/α,β-unsaturated/α-hetero) is 1. The second kappa shape index (κ2) is 7.19. The van der Waals surface area contributed by atoms with Gasteiger partial charge in [0.25, 0.3) is 5.56 Å². The number of methoxy groups -OCH3 is 1. The molecule has 138 valence electrons. The predicted molar refractivity (Wildman–Crippen MR) is 107 cm³/mol. The van der Waals surface area contributed by atoms with Gasteiger partial charge in [0.1, 0.15) is 5.75 Å². The minimum Gasteiger partial charge on any atom is -0.497 e. The molecule has 0 unspecified atom stereocenters. The molecule has 0 saturated heterocycles. The molecule has 1 fully saturated rings. The van der Waals surface area contributed by atoms with E-state index < -0.39 is 0 Å². The van der Waals surface area contributed by atoms with Crippen LogP contribution >= 0.6 is 11.8 Å². The van der Waals surface area contributed by atoms with E-state index in [9.17, 15) is 9.59 Å². The van der Waals surface area contributed by atoms with Crippen molar-refractivity contribution in [3.05, 3.63) is 64.4 Å². The number of ether oxygens (including phenoxy) is 1. The first-order valence-electron chi connectivity index (χ1n) is 8.94. The maximum absolute atomic E-state index is 12.9. The number of thioether (sulfide) groups is 1. The summed E-state index contributed by atoms with van der Waals surface area (Å²) in [5.41, 5.74) is 1.28. The number of benzene rings is 2. The van der Waals surface area contributed by atoms with Crippen LogP contribution in [0.3, 0.4) is 0 Å². The molecule has 0 spiro atoms. The second-order valence-electron chi connectivity index (χ2n) is 6.67. The number of carbonyl (C=O) groups is 1. The molecule has 3 aromatic rings. The van der Waals surface area contributed by atoms with Crippen LogP contribution < -0.4 is 10.3 Å². The SMILES string of the molecule is COc1ccc(C(=O)[C@@H](C)Sc2nc3ccccc3c(=O)n2C2CC2)cc1. The zero-order valence-corrected chi connectivity index (χ0v) is 16.0. The number of ketones is 1. The molecule has 1 heterocycles. The van der Waals surface area contributed by atoms with Gasteiger partial charge in [0.05, 0.1) is 23.3 Å². The van der Waals surface area contributed by atoms with E-state index in [-0.39, 0.29) is 22.6 Å². The average Bonchev–Trinajstić information content (AvgIpc) is 3.52. The van der Waals surface area contributed by atoms with Crippen LogP contribution in [0.2, 0.25) is 0 Å². The zero-order chi connectivity index (χ0) is 19.0. The molecule has 1 aliphatic carbocycles. The van der Waals surface area contributed by atoms with E-state index in [1.807, 2.05) is 31.2 Å². The number of fused-ring (bicyclic) bond motifs is 1. The lowest BCUT2D eigenvalue weighted by Crippen LogP contribution is -2.24. The molecule has 27 heavy (non-hydrogen) atoms. The molecule has 0 N–H and O–H groups in total. The van der Waals surface area contributed by atoms with Gasteiger partial charge in [0.15, 0.2) is 10.9 Å². The van der Waals surface area contributed by atoms with Crippen molar-refractivity contribution in [1.29, 1.82) is 0 Å². The Balaban J connectivity index is 1.66. The summed E-state index contributed by atoms with van der Waals surface area (Å²) in [6.07, 6.45) is 1.96. The molecule has 0 amide bonds. The lowest BCUT2D eigenvalue weighted by atomic mass is 10.1. The standard InChI is InChI=1S/C21H20N2O3S/c1-13(19(24)14-7-11-16(26-2)12-8-14)27-21-22-18-6-4-3-5-17(18)20(25)23(21)15-9-10-15/h3-8,11-13,15H,9-10H2,1-2H3/t13-/m1/s1. The molecular formula is C21H20N2O3S. The quantitative estimate of drug-likeness (QED) is 0.366. The van der Waals surface area contributed by atoms with Crippen LogP contribution in [0.1, 0.15) is 36.2 Å². The van der Waals surface area contributed by atoms with Gasteiger partial charge < -0.3 is 4.74 Å². The molecule has 5 nitrogen and oxygen atoms in total. The van der Waals surface area contributed by atoms with Gasteiger partial charge in [0, 0.05) is 11.6 Å². The van der Waals surface area contributed by atoms with Gasteiger partial charge >= 0.3 is 0 Å². The third-order valence-corrected chi connectivity index (χ3v) is 5.78. The maximum atomic E-state index is 12.9. The van der Waals surface area contributed by atoms with Crippen molar-refractivity contribution in [1.82, 2.24) is 9.55 Å². The van der Waals surface area contributed by atoms with Crippen molar-refractivity contribution in [2.24, 2.45) is 0 Å². The fraction of sp³-hybridized carbons (Fsp3) is 0.286. The van der Waals surface area contributed by atoms with Crippen LogP contribution in [0, 0.1) is 0 Å². The van der Waals surface area contributed by atoms with Crippen LogP contribution in [0.4, 0.5) is 0 Å². The first kappa shape index (κ1) is 17.8. The van der Waals surface area contributed by atoms with E-state index in [0.717, 1.165) is 12.8 Å². The first-order valence-corrected chi connectivity index (χ1v) is 9.82. The Hall–Kier alpha value is -2.60. The van der Waals surface area contributed by atoms with Gasteiger partial charge in [-0.05, 0) is 56.2 Å². The lowest BCUT2D eigenvalue weighted by Gasteiger charge is -2.15. The third-order valence-electron chi connectivity index (χ3n) is 4.71. The van der Waals surface area contributed by atoms with Gasteiger partial charge in [-0.25, -0.2) is 4.98 Å². The average molecular weight is 380 g/mol. The summed E-state index contributed by atoms with van der Waals surface area (Å²) in [5.74, 6) is 0.720. The van der Waals surface area contributed by atoms with E-state index in [4.69, 9.17) is 9.72 Å². The highest BCUT2D eigenvalue weighted by Crippen LogP contribution is 2.38. The van der Waals surface area contributed by atoms with E-state index in [1.165, 1.54) is 11.8 Å². The molecular weight excluding hydrogens is 360 g/mol. The van der Waals surface area contributed by atoms with Crippen molar-refractivity contribution in [3.63, 3.8) is 0 Å². The van der Waals surface area contributed by atoms with Crippen molar-refractivity contribution in [2.45, 2.75) is 36.2 Å². The van der Waals surface area contributed by atoms with Gasteiger partial charge in [-0.2, -0.15) is 0 Å². The highest BCUT2D eigenvalue weighted by Gasteiger charge is 2.30. The maximum Gasteiger partial charge on any atom is 0.262 e. The van der Waals surface area contributed by atoms with Crippen LogP contribution in [-0.4, -0.2) is 27.7 Å². The first-order chi connectivity index (χ1) is 13.1. The number of para-hydroxylation sites is 1. The van der Waals surface area contributed by atoms with Crippen LogP contribution in [0.15, 0.2) is 58.5 Å². The minimum absolute atomic E-state index is 0.00686. The Morgan fingerprint density at radius 2 is 1.89 bits per heavy atom. The molecule has 1 atom stereocenters. The molecule has 1 saturated carbocycles. The van der Waals surface area contributed by atoms with Crippen LogP contribution in [-0.2, 0) is 0 Å². The van der Waals surface area contributed by atoms with E-state index in [2.05, 4.69) is 0 Å². The summed E-state index contributed by atoms with van der Waals surface area (Å²) in [5, 5.41) is 0.898. The summed E-state index contributed by atoms with van der Waals surface area (Å²) in [4.78, 5) is 30.4. The largest absolute Gasteiger partial charge is 0.497 e. The smallest absolute Gasteiger partial charge is 0.262 e. The summed E-state index contributed by atoms with van der Waals surface area (Å²) in [7, 11) is 1.60. The molecule has 6 heteroatoms. The van der Waals surface area contributed by atoms with E-state index >= 15 is 0 Å². The van der Waals surface area contributed by atoms with Crippen LogP contribution in [0.5, 0.6) is 5.75 Å². The topological polar surface area (TPSA) is 61.2 Å². The molecule has 1 aromatic heterocycles. The summed E-state index contributed by atoms with van der Waals surface area (Å²) in [6.45, 7) is 1.86. The number of nitrogens with zero attached hydrogens (tertiary/aromatic N) is 2. The predicted octanol–water partition coefficient (Wildman–Crippen LogP) is 4.10. The summed E-state index contributed by atoms with van der Waals surface area (Å²) >= 11 is 1.35. The lowest BCUT2D eigenvalue weighted by molar-refractivity contribution is 0.0994. The molecule has 0 radical (unpaired) electrons. The number of hydrogen-bond donors (Lipinski definition) is 0. The highest BCUT2D eigenvalue weighted by atomic mass is 32.2. The number of hydrogen-bond acceptors (Lipinski definition) is 5. The van der Waals surface area contributed by atoms with Gasteiger partial charge in [-0.1, -0.05) is 23.9 Å². The Kier molecular flexibility index (Phi) is 4.74. The zero-order valence-electron chi connectivity index (χ0n) is 15.2. The highest BCUT2D eigenvalue weighted by molar-refractivity contribution is 8.00. The van der Waals surface area contributed by atoms with Crippen LogP contribution in [0.25, 0.3) is 10.9 Å². The Bertz CT molecular complexity index is 1060.